The fourth-order valence-corrected chi connectivity index (χ4v) is 3.02. The van der Waals surface area contributed by atoms with Gasteiger partial charge in [0, 0.05) is 23.9 Å². The molecule has 4 nitrogen and oxygen atoms in total. The zero-order valence-corrected chi connectivity index (χ0v) is 15.4. The van der Waals surface area contributed by atoms with Crippen LogP contribution in [0.25, 0.3) is 11.1 Å². The number of hydrogen-bond donors (Lipinski definition) is 0. The molecule has 6 heteroatoms. The molecule has 3 rings (SSSR count). The Balaban J connectivity index is 2.05. The molecule has 0 saturated carbocycles. The summed E-state index contributed by atoms with van der Waals surface area (Å²) in [7, 11) is 1.36. The van der Waals surface area contributed by atoms with Crippen molar-refractivity contribution in [3.05, 3.63) is 35.4 Å². The van der Waals surface area contributed by atoms with Gasteiger partial charge in [0.05, 0.1) is 16.9 Å². The van der Waals surface area contributed by atoms with Gasteiger partial charge in [-0.05, 0) is 53.1 Å². The fraction of sp³-hybridized carbons (Fsp3) is 0.500. The van der Waals surface area contributed by atoms with Crippen LogP contribution in [0, 0.1) is 19.7 Å². The Hall–Kier alpha value is -1.66. The lowest BCUT2D eigenvalue weighted by atomic mass is 9.77. The SMILES string of the molecule is Cc1nn(C)c(C)c1-c1cc(B2OC(C)(C)C(C)(C)O2)ccc1F. The first-order valence-corrected chi connectivity index (χ1v) is 8.19. The number of aryl methyl sites for hydroxylation is 2. The summed E-state index contributed by atoms with van der Waals surface area (Å²) < 4.78 is 28.4. The molecule has 128 valence electrons. The first-order valence-electron chi connectivity index (χ1n) is 8.19. The molecule has 1 saturated heterocycles. The van der Waals surface area contributed by atoms with E-state index in [-0.39, 0.29) is 5.82 Å². The van der Waals surface area contributed by atoms with Gasteiger partial charge in [0.1, 0.15) is 5.82 Å². The predicted octanol–water partition coefficient (Wildman–Crippen LogP) is 3.14. The van der Waals surface area contributed by atoms with E-state index in [0.717, 1.165) is 22.4 Å². The molecule has 2 heterocycles. The van der Waals surface area contributed by atoms with Gasteiger partial charge in [0.25, 0.3) is 0 Å². The van der Waals surface area contributed by atoms with Crippen molar-refractivity contribution in [2.75, 3.05) is 0 Å². The van der Waals surface area contributed by atoms with Gasteiger partial charge in [-0.15, -0.1) is 0 Å². The average Bonchev–Trinajstić information content (AvgIpc) is 2.84. The first-order chi connectivity index (χ1) is 11.0. The second-order valence-corrected chi connectivity index (χ2v) is 7.50. The fourth-order valence-electron chi connectivity index (χ4n) is 3.02. The number of nitrogens with zero attached hydrogens (tertiary/aromatic N) is 2. The van der Waals surface area contributed by atoms with Crippen LogP contribution in [0.2, 0.25) is 0 Å². The molecular weight excluding hydrogens is 306 g/mol. The smallest absolute Gasteiger partial charge is 0.399 e. The molecule has 0 spiro atoms. The van der Waals surface area contributed by atoms with Gasteiger partial charge in [0.15, 0.2) is 0 Å². The van der Waals surface area contributed by atoms with Crippen LogP contribution in [0.5, 0.6) is 0 Å². The largest absolute Gasteiger partial charge is 0.494 e. The maximum absolute atomic E-state index is 14.5. The minimum atomic E-state index is -0.508. The molecule has 1 aliphatic rings. The van der Waals surface area contributed by atoms with Crippen LogP contribution in [0.15, 0.2) is 18.2 Å². The van der Waals surface area contributed by atoms with Crippen molar-refractivity contribution < 1.29 is 13.7 Å². The summed E-state index contributed by atoms with van der Waals surface area (Å²) in [5.74, 6) is -0.269. The molecule has 0 aliphatic carbocycles. The number of halogens is 1. The van der Waals surface area contributed by atoms with Crippen molar-refractivity contribution in [1.29, 1.82) is 0 Å². The quantitative estimate of drug-likeness (QED) is 0.794. The minimum Gasteiger partial charge on any atom is -0.399 e. The van der Waals surface area contributed by atoms with E-state index in [1.165, 1.54) is 6.07 Å². The van der Waals surface area contributed by atoms with Gasteiger partial charge in [-0.1, -0.05) is 12.1 Å². The molecule has 1 fully saturated rings. The molecule has 24 heavy (non-hydrogen) atoms. The molecule has 0 atom stereocenters. The Bertz CT molecular complexity index is 783. The van der Waals surface area contributed by atoms with E-state index in [2.05, 4.69) is 5.10 Å². The summed E-state index contributed by atoms with van der Waals surface area (Å²) in [4.78, 5) is 0. The Morgan fingerprint density at radius 3 is 2.17 bits per heavy atom. The van der Waals surface area contributed by atoms with Crippen LogP contribution in [-0.2, 0) is 16.4 Å². The second kappa shape index (κ2) is 5.43. The summed E-state index contributed by atoms with van der Waals surface area (Å²) in [6.45, 7) is 11.9. The number of aromatic nitrogens is 2. The van der Waals surface area contributed by atoms with E-state index in [4.69, 9.17) is 9.31 Å². The van der Waals surface area contributed by atoms with E-state index < -0.39 is 18.3 Å². The molecule has 0 bridgehead atoms. The van der Waals surface area contributed by atoms with Gasteiger partial charge in [-0.2, -0.15) is 5.10 Å². The van der Waals surface area contributed by atoms with Crippen molar-refractivity contribution in [2.45, 2.75) is 52.7 Å². The maximum Gasteiger partial charge on any atom is 0.494 e. The van der Waals surface area contributed by atoms with E-state index in [1.807, 2.05) is 54.7 Å². The van der Waals surface area contributed by atoms with Crippen LogP contribution in [0.4, 0.5) is 4.39 Å². The van der Waals surface area contributed by atoms with E-state index in [0.29, 0.717) is 5.56 Å². The van der Waals surface area contributed by atoms with Gasteiger partial charge in [-0.25, -0.2) is 4.39 Å². The normalized spacial score (nSPS) is 19.1. The van der Waals surface area contributed by atoms with Gasteiger partial charge >= 0.3 is 7.12 Å². The third-order valence-corrected chi connectivity index (χ3v) is 5.29. The monoisotopic (exact) mass is 330 g/mol. The molecule has 0 amide bonds. The predicted molar refractivity (Wildman–Crippen MR) is 93.8 cm³/mol. The van der Waals surface area contributed by atoms with Gasteiger partial charge in [-0.3, -0.25) is 4.68 Å². The number of benzene rings is 1. The maximum atomic E-state index is 14.5. The first kappa shape index (κ1) is 17.2. The van der Waals surface area contributed by atoms with Crippen LogP contribution >= 0.6 is 0 Å². The molecule has 1 aromatic heterocycles. The minimum absolute atomic E-state index is 0.269. The summed E-state index contributed by atoms with van der Waals surface area (Å²) in [5.41, 5.74) is 3.06. The van der Waals surface area contributed by atoms with Crippen molar-refractivity contribution in [1.82, 2.24) is 9.78 Å². The zero-order chi connectivity index (χ0) is 17.9. The summed E-state index contributed by atoms with van der Waals surface area (Å²) in [6.07, 6.45) is 0. The van der Waals surface area contributed by atoms with Crippen molar-refractivity contribution in [2.24, 2.45) is 7.05 Å². The molecule has 0 radical (unpaired) electrons. The van der Waals surface area contributed by atoms with Crippen LogP contribution in [0.1, 0.15) is 39.1 Å². The van der Waals surface area contributed by atoms with Crippen LogP contribution in [-0.4, -0.2) is 28.1 Å². The molecular formula is C18H24BFN2O2. The van der Waals surface area contributed by atoms with E-state index >= 15 is 0 Å². The molecule has 1 aliphatic heterocycles. The Labute approximate surface area is 143 Å². The summed E-state index contributed by atoms with van der Waals surface area (Å²) in [6, 6.07) is 5.01. The van der Waals surface area contributed by atoms with Crippen molar-refractivity contribution >= 4 is 12.6 Å². The third kappa shape index (κ3) is 2.58. The molecule has 0 unspecified atom stereocenters. The lowest BCUT2D eigenvalue weighted by Gasteiger charge is -2.32. The number of hydrogen-bond acceptors (Lipinski definition) is 3. The highest BCUT2D eigenvalue weighted by molar-refractivity contribution is 6.62. The molecule has 0 N–H and O–H groups in total. The van der Waals surface area contributed by atoms with Crippen molar-refractivity contribution in [3.8, 4) is 11.1 Å². The highest BCUT2D eigenvalue weighted by Gasteiger charge is 2.51. The van der Waals surface area contributed by atoms with Gasteiger partial charge < -0.3 is 9.31 Å². The average molecular weight is 330 g/mol. The molecule has 1 aromatic carbocycles. The van der Waals surface area contributed by atoms with Crippen molar-refractivity contribution in [3.63, 3.8) is 0 Å². The molecule has 2 aromatic rings. The third-order valence-electron chi connectivity index (χ3n) is 5.29. The topological polar surface area (TPSA) is 36.3 Å². The van der Waals surface area contributed by atoms with Crippen LogP contribution in [0.3, 0.4) is 0 Å². The highest BCUT2D eigenvalue weighted by atomic mass is 19.1. The lowest BCUT2D eigenvalue weighted by molar-refractivity contribution is 0.00578. The second-order valence-electron chi connectivity index (χ2n) is 7.50. The standard InChI is InChI=1S/C18H24BFN2O2/c1-11-16(12(2)22(7)21-11)14-10-13(8-9-15(14)20)19-23-17(3,4)18(5,6)24-19/h8-10H,1-7H3. The Morgan fingerprint density at radius 2 is 1.67 bits per heavy atom. The van der Waals surface area contributed by atoms with E-state index in [1.54, 1.807) is 10.7 Å². The van der Waals surface area contributed by atoms with Crippen LogP contribution < -0.4 is 5.46 Å². The highest BCUT2D eigenvalue weighted by Crippen LogP contribution is 2.37. The summed E-state index contributed by atoms with van der Waals surface area (Å²) in [5, 5.41) is 4.39. The Kier molecular flexibility index (Phi) is 3.88. The Morgan fingerprint density at radius 1 is 1.08 bits per heavy atom. The van der Waals surface area contributed by atoms with E-state index in [9.17, 15) is 4.39 Å². The lowest BCUT2D eigenvalue weighted by Crippen LogP contribution is -2.41. The van der Waals surface area contributed by atoms with Gasteiger partial charge in [0.2, 0.25) is 0 Å². The number of rotatable bonds is 2. The summed E-state index contributed by atoms with van der Waals surface area (Å²) >= 11 is 0. The zero-order valence-electron chi connectivity index (χ0n) is 15.4.